The maximum atomic E-state index is 5.91. The van der Waals surface area contributed by atoms with E-state index in [1.807, 2.05) is 13.1 Å². The third-order valence-corrected chi connectivity index (χ3v) is 2.92. The Bertz CT molecular complexity index is 344. The number of nitrogens with zero attached hydrogens (tertiary/aromatic N) is 2. The molecule has 0 N–H and O–H groups in total. The second-order valence-electron chi connectivity index (χ2n) is 4.12. The lowest BCUT2D eigenvalue weighted by molar-refractivity contribution is 0.206. The number of alkyl halides is 1. The van der Waals surface area contributed by atoms with E-state index in [0.29, 0.717) is 12.5 Å². The van der Waals surface area contributed by atoms with Gasteiger partial charge in [-0.25, -0.2) is 4.98 Å². The topological polar surface area (TPSA) is 25.4 Å². The van der Waals surface area contributed by atoms with Crippen LogP contribution in [0.4, 0.5) is 5.82 Å². The molecule has 0 saturated carbocycles. The van der Waals surface area contributed by atoms with Gasteiger partial charge in [0.05, 0.1) is 6.61 Å². The third kappa shape index (κ3) is 4.52. The van der Waals surface area contributed by atoms with Crippen molar-refractivity contribution in [3.8, 4) is 0 Å². The van der Waals surface area contributed by atoms with Gasteiger partial charge >= 0.3 is 0 Å². The number of hydrogen-bond donors (Lipinski definition) is 0. The first-order chi connectivity index (χ1) is 8.21. The van der Waals surface area contributed by atoms with E-state index in [0.717, 1.165) is 36.5 Å². The highest BCUT2D eigenvalue weighted by molar-refractivity contribution is 6.17. The molecule has 1 rings (SSSR count). The van der Waals surface area contributed by atoms with E-state index in [2.05, 4.69) is 22.9 Å². The summed E-state index contributed by atoms with van der Waals surface area (Å²) in [4.78, 5) is 6.73. The van der Waals surface area contributed by atoms with Gasteiger partial charge in [0.15, 0.2) is 0 Å². The molecule has 0 bridgehead atoms. The molecule has 1 aromatic heterocycles. The summed E-state index contributed by atoms with van der Waals surface area (Å²) in [5.41, 5.74) is 2.24. The van der Waals surface area contributed by atoms with Gasteiger partial charge in [0.1, 0.15) is 5.82 Å². The Labute approximate surface area is 109 Å². The average Bonchev–Trinajstić information content (AvgIpc) is 2.35. The zero-order chi connectivity index (χ0) is 12.7. The van der Waals surface area contributed by atoms with Gasteiger partial charge in [-0.05, 0) is 24.1 Å². The molecule has 0 unspecified atom stereocenters. The summed E-state index contributed by atoms with van der Waals surface area (Å²) in [5, 5.41) is 0. The lowest BCUT2D eigenvalue weighted by atomic mass is 10.2. The van der Waals surface area contributed by atoms with Gasteiger partial charge in [-0.1, -0.05) is 13.3 Å². The van der Waals surface area contributed by atoms with Gasteiger partial charge in [-0.2, -0.15) is 0 Å². The van der Waals surface area contributed by atoms with Gasteiger partial charge in [-0.15, -0.1) is 11.6 Å². The molecule has 0 aliphatic rings. The number of ether oxygens (including phenoxy) is 1. The fourth-order valence-corrected chi connectivity index (χ4v) is 1.79. The van der Waals surface area contributed by atoms with E-state index in [-0.39, 0.29) is 0 Å². The van der Waals surface area contributed by atoms with E-state index >= 15 is 0 Å². The highest BCUT2D eigenvalue weighted by Crippen LogP contribution is 2.16. The van der Waals surface area contributed by atoms with Crippen molar-refractivity contribution in [2.45, 2.75) is 25.6 Å². The fourth-order valence-electron chi connectivity index (χ4n) is 1.63. The predicted octanol–water partition coefficient (Wildman–Crippen LogP) is 2.86. The minimum atomic E-state index is 0.532. The molecule has 0 spiro atoms. The van der Waals surface area contributed by atoms with Crippen molar-refractivity contribution >= 4 is 17.4 Å². The highest BCUT2D eigenvalue weighted by Gasteiger charge is 2.06. The Morgan fingerprint density at radius 3 is 2.76 bits per heavy atom. The predicted molar refractivity (Wildman–Crippen MR) is 72.9 cm³/mol. The zero-order valence-corrected chi connectivity index (χ0v) is 11.6. The number of pyridine rings is 1. The normalized spacial score (nSPS) is 10.6. The van der Waals surface area contributed by atoms with Crippen LogP contribution < -0.4 is 4.90 Å². The second kappa shape index (κ2) is 7.51. The lowest BCUT2D eigenvalue weighted by Crippen LogP contribution is -2.23. The average molecular weight is 257 g/mol. The summed E-state index contributed by atoms with van der Waals surface area (Å²) in [6.07, 6.45) is 2.09. The van der Waals surface area contributed by atoms with Crippen LogP contribution in [0.3, 0.4) is 0 Å². The number of anilines is 1. The van der Waals surface area contributed by atoms with E-state index in [1.54, 1.807) is 7.11 Å². The van der Waals surface area contributed by atoms with E-state index < -0.39 is 0 Å². The molecule has 1 aromatic rings. The quantitative estimate of drug-likeness (QED) is 0.702. The van der Waals surface area contributed by atoms with Gasteiger partial charge in [0, 0.05) is 32.3 Å². The largest absolute Gasteiger partial charge is 0.383 e. The summed E-state index contributed by atoms with van der Waals surface area (Å²) >= 11 is 5.91. The van der Waals surface area contributed by atoms with Gasteiger partial charge in [0.2, 0.25) is 0 Å². The molecule has 0 saturated heterocycles. The molecular weight excluding hydrogens is 236 g/mol. The maximum Gasteiger partial charge on any atom is 0.128 e. The fraction of sp³-hybridized carbons (Fsp3) is 0.615. The molecule has 3 nitrogen and oxygen atoms in total. The minimum Gasteiger partial charge on any atom is -0.383 e. The standard InChI is InChI=1S/C13H21ClN2O/c1-4-5-12-8-11(10-14)9-13(15-12)16(2)6-7-17-3/h8-9H,4-7,10H2,1-3H3. The van der Waals surface area contributed by atoms with Crippen LogP contribution in [0.5, 0.6) is 0 Å². The van der Waals surface area contributed by atoms with Gasteiger partial charge in [0.25, 0.3) is 0 Å². The number of rotatable bonds is 7. The van der Waals surface area contributed by atoms with Crippen LogP contribution in [0.25, 0.3) is 0 Å². The Morgan fingerprint density at radius 2 is 2.18 bits per heavy atom. The van der Waals surface area contributed by atoms with Crippen LogP contribution >= 0.6 is 11.6 Å². The van der Waals surface area contributed by atoms with Crippen molar-refractivity contribution in [1.82, 2.24) is 4.98 Å². The molecule has 0 aromatic carbocycles. The summed E-state index contributed by atoms with van der Waals surface area (Å²) in [6, 6.07) is 4.13. The van der Waals surface area contributed by atoms with Gasteiger partial charge in [-0.3, -0.25) is 0 Å². The van der Waals surface area contributed by atoms with E-state index in [1.165, 1.54) is 0 Å². The molecule has 0 radical (unpaired) electrons. The van der Waals surface area contributed by atoms with E-state index in [9.17, 15) is 0 Å². The summed E-state index contributed by atoms with van der Waals surface area (Å²) < 4.78 is 5.07. The molecule has 1 heterocycles. The summed E-state index contributed by atoms with van der Waals surface area (Å²) in [7, 11) is 3.73. The molecule has 0 aliphatic carbocycles. The van der Waals surface area contributed by atoms with Crippen LogP contribution in [0, 0.1) is 0 Å². The molecule has 0 amide bonds. The van der Waals surface area contributed by atoms with Crippen molar-refractivity contribution in [2.75, 3.05) is 32.2 Å². The second-order valence-corrected chi connectivity index (χ2v) is 4.39. The number of aromatic nitrogens is 1. The van der Waals surface area contributed by atoms with Crippen LogP contribution in [0.2, 0.25) is 0 Å². The summed E-state index contributed by atoms with van der Waals surface area (Å²) in [6.45, 7) is 3.69. The molecule has 4 heteroatoms. The van der Waals surface area contributed by atoms with E-state index in [4.69, 9.17) is 16.3 Å². The first-order valence-electron chi connectivity index (χ1n) is 5.97. The zero-order valence-electron chi connectivity index (χ0n) is 10.9. The Hall–Kier alpha value is -0.800. The number of hydrogen-bond acceptors (Lipinski definition) is 3. The van der Waals surface area contributed by atoms with Crippen molar-refractivity contribution in [3.63, 3.8) is 0 Å². The molecule has 0 atom stereocenters. The maximum absolute atomic E-state index is 5.91. The molecule has 0 fully saturated rings. The molecule has 96 valence electrons. The van der Waals surface area contributed by atoms with Crippen LogP contribution in [-0.4, -0.2) is 32.3 Å². The van der Waals surface area contributed by atoms with Crippen molar-refractivity contribution in [2.24, 2.45) is 0 Å². The van der Waals surface area contributed by atoms with Gasteiger partial charge < -0.3 is 9.64 Å². The van der Waals surface area contributed by atoms with Crippen LogP contribution in [0.1, 0.15) is 24.6 Å². The monoisotopic (exact) mass is 256 g/mol. The Morgan fingerprint density at radius 1 is 1.41 bits per heavy atom. The lowest BCUT2D eigenvalue weighted by Gasteiger charge is -2.19. The smallest absolute Gasteiger partial charge is 0.128 e. The Balaban J connectivity index is 2.85. The molecular formula is C13H21ClN2O. The third-order valence-electron chi connectivity index (χ3n) is 2.61. The number of likely N-dealkylation sites (N-methyl/N-ethyl adjacent to an activating group) is 1. The van der Waals surface area contributed by atoms with Crippen LogP contribution in [-0.2, 0) is 17.0 Å². The van der Waals surface area contributed by atoms with Crippen molar-refractivity contribution < 1.29 is 4.74 Å². The van der Waals surface area contributed by atoms with Crippen molar-refractivity contribution in [1.29, 1.82) is 0 Å². The first kappa shape index (κ1) is 14.3. The number of aryl methyl sites for hydroxylation is 1. The summed E-state index contributed by atoms with van der Waals surface area (Å²) in [5.74, 6) is 1.51. The number of methoxy groups -OCH3 is 1. The Kier molecular flexibility index (Phi) is 6.30. The SMILES string of the molecule is CCCc1cc(CCl)cc(N(C)CCOC)n1. The first-order valence-corrected chi connectivity index (χ1v) is 6.50. The molecule has 0 aliphatic heterocycles. The van der Waals surface area contributed by atoms with Crippen molar-refractivity contribution in [3.05, 3.63) is 23.4 Å². The van der Waals surface area contributed by atoms with Crippen LogP contribution in [0.15, 0.2) is 12.1 Å². The highest BCUT2D eigenvalue weighted by atomic mass is 35.5. The number of halogens is 1. The molecule has 17 heavy (non-hydrogen) atoms. The minimum absolute atomic E-state index is 0.532.